The van der Waals surface area contributed by atoms with Crippen LogP contribution in [0.5, 0.6) is 5.75 Å². The summed E-state index contributed by atoms with van der Waals surface area (Å²) in [4.78, 5) is 13.7. The molecule has 0 spiro atoms. The van der Waals surface area contributed by atoms with Crippen LogP contribution in [0, 0.1) is 0 Å². The van der Waals surface area contributed by atoms with E-state index in [0.717, 1.165) is 28.6 Å². The molecule has 0 N–H and O–H groups in total. The quantitative estimate of drug-likeness (QED) is 0.828. The maximum Gasteiger partial charge on any atom is 0.260 e. The predicted molar refractivity (Wildman–Crippen MR) is 79.5 cm³/mol. The lowest BCUT2D eigenvalue weighted by Crippen LogP contribution is -2.33. The number of hydrogen-bond donors (Lipinski definition) is 0. The van der Waals surface area contributed by atoms with Gasteiger partial charge in [-0.1, -0.05) is 29.8 Å². The Morgan fingerprint density at radius 1 is 1.47 bits per heavy atom. The number of halogens is 1. The van der Waals surface area contributed by atoms with Crippen molar-refractivity contribution < 1.29 is 9.53 Å². The average Bonchev–Trinajstić information content (AvgIpc) is 3.20. The fourth-order valence-corrected chi connectivity index (χ4v) is 2.39. The first kappa shape index (κ1) is 14.4. The highest BCUT2D eigenvalue weighted by atomic mass is 79.9. The van der Waals surface area contributed by atoms with E-state index >= 15 is 0 Å². The second-order valence-corrected chi connectivity index (χ2v) is 6.28. The zero-order valence-corrected chi connectivity index (χ0v) is 13.2. The highest BCUT2D eigenvalue weighted by Gasteiger charge is 2.29. The molecular formula is C15H20BrNO2. The molecule has 1 aliphatic rings. The molecule has 19 heavy (non-hydrogen) atoms. The van der Waals surface area contributed by atoms with Crippen molar-refractivity contribution in [2.45, 2.75) is 38.6 Å². The number of likely N-dealkylation sites (N-methyl/N-ethyl adjacent to an activating group) is 1. The Balaban J connectivity index is 2.00. The van der Waals surface area contributed by atoms with Crippen molar-refractivity contribution in [2.75, 3.05) is 13.7 Å². The molecule has 0 aliphatic heterocycles. The summed E-state index contributed by atoms with van der Waals surface area (Å²) in [7, 11) is 1.86. The van der Waals surface area contributed by atoms with Gasteiger partial charge in [0.25, 0.3) is 5.91 Å². The number of rotatable bonds is 5. The molecule has 2 rings (SSSR count). The largest absolute Gasteiger partial charge is 0.483 e. The Morgan fingerprint density at radius 2 is 2.16 bits per heavy atom. The Hall–Kier alpha value is -1.03. The molecule has 1 aromatic carbocycles. The number of hydrogen-bond acceptors (Lipinski definition) is 2. The van der Waals surface area contributed by atoms with Gasteiger partial charge in [0.2, 0.25) is 0 Å². The van der Waals surface area contributed by atoms with Crippen molar-refractivity contribution in [2.24, 2.45) is 0 Å². The number of benzene rings is 1. The molecule has 0 heterocycles. The van der Waals surface area contributed by atoms with Crippen LogP contribution in [-0.2, 0) is 4.79 Å². The summed E-state index contributed by atoms with van der Waals surface area (Å²) in [5.74, 6) is 1.22. The van der Waals surface area contributed by atoms with Crippen LogP contribution in [0.4, 0.5) is 0 Å². The monoisotopic (exact) mass is 325 g/mol. The first-order chi connectivity index (χ1) is 8.99. The average molecular weight is 326 g/mol. The van der Waals surface area contributed by atoms with E-state index < -0.39 is 0 Å². The predicted octanol–water partition coefficient (Wildman–Crippen LogP) is 3.57. The molecule has 1 aromatic rings. The number of nitrogens with zero attached hydrogens (tertiary/aromatic N) is 1. The summed E-state index contributed by atoms with van der Waals surface area (Å²) in [5, 5.41) is 0. The third kappa shape index (κ3) is 3.72. The maximum absolute atomic E-state index is 11.9. The van der Waals surface area contributed by atoms with Crippen LogP contribution in [0.15, 0.2) is 22.7 Å². The van der Waals surface area contributed by atoms with Crippen molar-refractivity contribution in [1.82, 2.24) is 4.90 Å². The van der Waals surface area contributed by atoms with Gasteiger partial charge < -0.3 is 9.64 Å². The van der Waals surface area contributed by atoms with Crippen LogP contribution >= 0.6 is 15.9 Å². The van der Waals surface area contributed by atoms with Gasteiger partial charge in [0.05, 0.1) is 0 Å². The van der Waals surface area contributed by atoms with Gasteiger partial charge in [-0.15, -0.1) is 0 Å². The zero-order valence-electron chi connectivity index (χ0n) is 11.6. The first-order valence-corrected chi connectivity index (χ1v) is 7.46. The van der Waals surface area contributed by atoms with E-state index in [1.54, 1.807) is 4.90 Å². The Labute approximate surface area is 123 Å². The highest BCUT2D eigenvalue weighted by molar-refractivity contribution is 9.10. The molecule has 1 aliphatic carbocycles. The van der Waals surface area contributed by atoms with Crippen LogP contribution in [-0.4, -0.2) is 30.5 Å². The lowest BCUT2D eigenvalue weighted by Gasteiger charge is -2.18. The molecule has 4 heteroatoms. The zero-order chi connectivity index (χ0) is 14.0. The highest BCUT2D eigenvalue weighted by Crippen LogP contribution is 2.30. The number of amides is 1. The van der Waals surface area contributed by atoms with Crippen LogP contribution in [0.2, 0.25) is 0 Å². The van der Waals surface area contributed by atoms with Gasteiger partial charge in [-0.3, -0.25) is 4.79 Å². The van der Waals surface area contributed by atoms with E-state index in [0.29, 0.717) is 12.0 Å². The lowest BCUT2D eigenvalue weighted by molar-refractivity contribution is -0.132. The number of carbonyl (C=O) groups excluding carboxylic acids is 1. The molecule has 0 atom stereocenters. The van der Waals surface area contributed by atoms with Crippen molar-refractivity contribution in [3.8, 4) is 5.75 Å². The molecule has 1 amide bonds. The van der Waals surface area contributed by atoms with Gasteiger partial charge in [0.15, 0.2) is 6.61 Å². The molecule has 1 fully saturated rings. The second-order valence-electron chi connectivity index (χ2n) is 5.36. The summed E-state index contributed by atoms with van der Waals surface area (Å²) in [5.41, 5.74) is 1.12. The SMILES string of the molecule is CC(C)c1cc(Br)ccc1OCC(=O)N(C)C1CC1. The van der Waals surface area contributed by atoms with Crippen molar-refractivity contribution in [1.29, 1.82) is 0 Å². The smallest absolute Gasteiger partial charge is 0.260 e. The van der Waals surface area contributed by atoms with Crippen LogP contribution in [0.3, 0.4) is 0 Å². The van der Waals surface area contributed by atoms with Gasteiger partial charge in [-0.2, -0.15) is 0 Å². The van der Waals surface area contributed by atoms with Gasteiger partial charge in [0, 0.05) is 17.6 Å². The molecule has 0 bridgehead atoms. The molecule has 0 aromatic heterocycles. The van der Waals surface area contributed by atoms with Gasteiger partial charge in [-0.05, 0) is 42.5 Å². The molecule has 0 unspecified atom stereocenters. The normalized spacial score (nSPS) is 14.6. The van der Waals surface area contributed by atoms with Crippen molar-refractivity contribution in [3.63, 3.8) is 0 Å². The first-order valence-electron chi connectivity index (χ1n) is 6.67. The molecule has 104 valence electrons. The second kappa shape index (κ2) is 5.95. The van der Waals surface area contributed by atoms with Gasteiger partial charge >= 0.3 is 0 Å². The topological polar surface area (TPSA) is 29.5 Å². The van der Waals surface area contributed by atoms with Crippen molar-refractivity contribution in [3.05, 3.63) is 28.2 Å². The molecule has 3 nitrogen and oxygen atoms in total. The third-order valence-corrected chi connectivity index (χ3v) is 3.93. The minimum Gasteiger partial charge on any atom is -0.483 e. The van der Waals surface area contributed by atoms with E-state index in [1.165, 1.54) is 0 Å². The molecular weight excluding hydrogens is 306 g/mol. The summed E-state index contributed by atoms with van der Waals surface area (Å²) in [6.07, 6.45) is 2.25. The maximum atomic E-state index is 11.9. The third-order valence-electron chi connectivity index (χ3n) is 3.43. The Morgan fingerprint density at radius 3 is 2.74 bits per heavy atom. The van der Waals surface area contributed by atoms with Crippen LogP contribution in [0.25, 0.3) is 0 Å². The fraction of sp³-hybridized carbons (Fsp3) is 0.533. The molecule has 0 radical (unpaired) electrons. The number of ether oxygens (including phenoxy) is 1. The van der Waals surface area contributed by atoms with Gasteiger partial charge in [0.1, 0.15) is 5.75 Å². The van der Waals surface area contributed by atoms with Crippen LogP contribution < -0.4 is 4.74 Å². The lowest BCUT2D eigenvalue weighted by atomic mass is 10.0. The standard InChI is InChI=1S/C15H20BrNO2/c1-10(2)13-8-11(16)4-7-14(13)19-9-15(18)17(3)12-5-6-12/h4,7-8,10,12H,5-6,9H2,1-3H3. The summed E-state index contributed by atoms with van der Waals surface area (Å²) in [6.45, 7) is 4.36. The summed E-state index contributed by atoms with van der Waals surface area (Å²) >= 11 is 3.46. The summed E-state index contributed by atoms with van der Waals surface area (Å²) < 4.78 is 6.73. The van der Waals surface area contributed by atoms with E-state index in [-0.39, 0.29) is 12.5 Å². The minimum absolute atomic E-state index is 0.0557. The van der Waals surface area contributed by atoms with E-state index in [1.807, 2.05) is 19.2 Å². The Kier molecular flexibility index (Phi) is 4.50. The molecule has 0 saturated heterocycles. The Bertz CT molecular complexity index is 469. The van der Waals surface area contributed by atoms with E-state index in [4.69, 9.17) is 4.74 Å². The van der Waals surface area contributed by atoms with Gasteiger partial charge in [-0.25, -0.2) is 0 Å². The van der Waals surface area contributed by atoms with Crippen molar-refractivity contribution >= 4 is 21.8 Å². The summed E-state index contributed by atoms with van der Waals surface area (Å²) in [6, 6.07) is 6.35. The van der Waals surface area contributed by atoms with Crippen LogP contribution in [0.1, 0.15) is 38.2 Å². The molecule has 1 saturated carbocycles. The number of carbonyl (C=O) groups is 1. The minimum atomic E-state index is 0.0557. The van der Waals surface area contributed by atoms with E-state index in [2.05, 4.69) is 35.8 Å². The fourth-order valence-electron chi connectivity index (χ4n) is 2.01. The van der Waals surface area contributed by atoms with E-state index in [9.17, 15) is 4.79 Å².